The predicted octanol–water partition coefficient (Wildman–Crippen LogP) is 3.04. The molecule has 0 atom stereocenters. The Labute approximate surface area is 141 Å². The van der Waals surface area contributed by atoms with E-state index in [1.165, 1.54) is 7.11 Å². The summed E-state index contributed by atoms with van der Waals surface area (Å²) in [5.74, 6) is -0.466. The van der Waals surface area contributed by atoms with E-state index in [0.717, 1.165) is 19.2 Å². The largest absolute Gasteiger partial charge is 0.497 e. The molecule has 2 aromatic carbocycles. The highest BCUT2D eigenvalue weighted by atomic mass is 16.6. The number of ether oxygens (including phenoxy) is 2. The second kappa shape index (κ2) is 7.25. The Bertz CT molecular complexity index is 851. The molecule has 25 heavy (non-hydrogen) atoms. The van der Waals surface area contributed by atoms with Gasteiger partial charge in [0.05, 0.1) is 35.7 Å². The molecule has 0 amide bonds. The summed E-state index contributed by atoms with van der Waals surface area (Å²) in [5, 5.41) is 25.1. The van der Waals surface area contributed by atoms with E-state index in [4.69, 9.17) is 4.74 Å². The molecule has 130 valence electrons. The van der Waals surface area contributed by atoms with Gasteiger partial charge in [-0.1, -0.05) is 6.07 Å². The zero-order chi connectivity index (χ0) is 18.6. The SMILES string of the molecule is COC(=O)c1cc([N+](=O)[O-])cc([N+](=O)[O-])c1Nc1cccc(OC)c1. The molecular formula is C15H13N3O7. The Morgan fingerprint density at radius 2 is 1.80 bits per heavy atom. The predicted molar refractivity (Wildman–Crippen MR) is 87.4 cm³/mol. The van der Waals surface area contributed by atoms with Crippen LogP contribution in [0.25, 0.3) is 0 Å². The van der Waals surface area contributed by atoms with Crippen molar-refractivity contribution < 1.29 is 24.1 Å². The van der Waals surface area contributed by atoms with Crippen LogP contribution < -0.4 is 10.1 Å². The van der Waals surface area contributed by atoms with Crippen LogP contribution in [0.15, 0.2) is 36.4 Å². The van der Waals surface area contributed by atoms with Crippen molar-refractivity contribution in [1.29, 1.82) is 0 Å². The third-order valence-corrected chi connectivity index (χ3v) is 3.25. The van der Waals surface area contributed by atoms with Gasteiger partial charge in [0.2, 0.25) is 0 Å². The Morgan fingerprint density at radius 1 is 1.08 bits per heavy atom. The highest BCUT2D eigenvalue weighted by Gasteiger charge is 2.28. The van der Waals surface area contributed by atoms with Crippen LogP contribution in [-0.4, -0.2) is 30.0 Å². The fourth-order valence-corrected chi connectivity index (χ4v) is 2.11. The maximum absolute atomic E-state index is 12.0. The Balaban J connectivity index is 2.65. The molecule has 0 radical (unpaired) electrons. The lowest BCUT2D eigenvalue weighted by Gasteiger charge is -2.12. The van der Waals surface area contributed by atoms with Gasteiger partial charge in [-0.05, 0) is 12.1 Å². The summed E-state index contributed by atoms with van der Waals surface area (Å²) in [4.78, 5) is 32.6. The number of nitro groups is 2. The number of anilines is 2. The average molecular weight is 347 g/mol. The molecule has 10 heteroatoms. The molecule has 0 bridgehead atoms. The fourth-order valence-electron chi connectivity index (χ4n) is 2.11. The van der Waals surface area contributed by atoms with Crippen molar-refractivity contribution in [2.24, 2.45) is 0 Å². The van der Waals surface area contributed by atoms with Crippen molar-refractivity contribution >= 4 is 28.7 Å². The summed E-state index contributed by atoms with van der Waals surface area (Å²) >= 11 is 0. The van der Waals surface area contributed by atoms with Crippen LogP contribution in [0.1, 0.15) is 10.4 Å². The van der Waals surface area contributed by atoms with E-state index in [9.17, 15) is 25.0 Å². The molecule has 0 unspecified atom stereocenters. The van der Waals surface area contributed by atoms with Crippen LogP contribution in [0.5, 0.6) is 5.75 Å². The molecule has 0 saturated carbocycles. The van der Waals surface area contributed by atoms with Gasteiger partial charge < -0.3 is 14.8 Å². The first-order valence-electron chi connectivity index (χ1n) is 6.83. The number of benzene rings is 2. The summed E-state index contributed by atoms with van der Waals surface area (Å²) in [6, 6.07) is 8.13. The van der Waals surface area contributed by atoms with E-state index in [2.05, 4.69) is 10.1 Å². The van der Waals surface area contributed by atoms with Crippen molar-refractivity contribution in [3.8, 4) is 5.75 Å². The highest BCUT2D eigenvalue weighted by molar-refractivity contribution is 6.00. The minimum absolute atomic E-state index is 0.212. The fraction of sp³-hybridized carbons (Fsp3) is 0.133. The lowest BCUT2D eigenvalue weighted by atomic mass is 10.1. The maximum atomic E-state index is 12.0. The van der Waals surface area contributed by atoms with Crippen LogP contribution >= 0.6 is 0 Å². The zero-order valence-corrected chi connectivity index (χ0v) is 13.2. The minimum Gasteiger partial charge on any atom is -0.497 e. The Morgan fingerprint density at radius 3 is 2.36 bits per heavy atom. The number of nitrogens with one attached hydrogen (secondary N) is 1. The van der Waals surface area contributed by atoms with Gasteiger partial charge in [-0.3, -0.25) is 20.2 Å². The first kappa shape index (κ1) is 17.7. The molecule has 2 aromatic rings. The van der Waals surface area contributed by atoms with Gasteiger partial charge in [0, 0.05) is 17.8 Å². The minimum atomic E-state index is -0.947. The number of methoxy groups -OCH3 is 2. The Hall–Kier alpha value is -3.69. The number of esters is 1. The van der Waals surface area contributed by atoms with E-state index in [-0.39, 0.29) is 11.3 Å². The van der Waals surface area contributed by atoms with Crippen molar-refractivity contribution in [2.45, 2.75) is 0 Å². The first-order valence-corrected chi connectivity index (χ1v) is 6.83. The highest BCUT2D eigenvalue weighted by Crippen LogP contribution is 2.36. The van der Waals surface area contributed by atoms with Crippen LogP contribution in [0.3, 0.4) is 0 Å². The summed E-state index contributed by atoms with van der Waals surface area (Å²) in [7, 11) is 2.52. The van der Waals surface area contributed by atoms with Gasteiger partial charge >= 0.3 is 5.97 Å². The van der Waals surface area contributed by atoms with E-state index in [1.807, 2.05) is 0 Å². The van der Waals surface area contributed by atoms with Crippen molar-refractivity contribution in [3.05, 3.63) is 62.2 Å². The quantitative estimate of drug-likeness (QED) is 0.478. The van der Waals surface area contributed by atoms with Gasteiger partial charge in [-0.25, -0.2) is 4.79 Å². The van der Waals surface area contributed by atoms with Crippen molar-refractivity contribution in [1.82, 2.24) is 0 Å². The van der Waals surface area contributed by atoms with Gasteiger partial charge in [0.25, 0.3) is 11.4 Å². The average Bonchev–Trinajstić information content (AvgIpc) is 2.60. The van der Waals surface area contributed by atoms with E-state index in [0.29, 0.717) is 11.4 Å². The van der Waals surface area contributed by atoms with E-state index < -0.39 is 27.2 Å². The van der Waals surface area contributed by atoms with Crippen LogP contribution in [-0.2, 0) is 4.74 Å². The number of nitrogens with zero attached hydrogens (tertiary/aromatic N) is 2. The normalized spacial score (nSPS) is 10.0. The smallest absolute Gasteiger partial charge is 0.340 e. The summed E-state index contributed by atoms with van der Waals surface area (Å²) in [6.07, 6.45) is 0. The molecule has 1 N–H and O–H groups in total. The molecule has 0 heterocycles. The van der Waals surface area contributed by atoms with Gasteiger partial charge in [-0.2, -0.15) is 0 Å². The van der Waals surface area contributed by atoms with Crippen LogP contribution in [0.4, 0.5) is 22.7 Å². The molecule has 2 rings (SSSR count). The maximum Gasteiger partial charge on any atom is 0.340 e. The number of rotatable bonds is 6. The molecule has 0 aliphatic rings. The Kier molecular flexibility index (Phi) is 5.12. The van der Waals surface area contributed by atoms with E-state index >= 15 is 0 Å². The van der Waals surface area contributed by atoms with Crippen molar-refractivity contribution in [3.63, 3.8) is 0 Å². The molecule has 10 nitrogen and oxygen atoms in total. The molecule has 0 aliphatic carbocycles. The molecule has 0 aromatic heterocycles. The zero-order valence-electron chi connectivity index (χ0n) is 13.2. The van der Waals surface area contributed by atoms with Crippen LogP contribution in [0.2, 0.25) is 0 Å². The lowest BCUT2D eigenvalue weighted by molar-refractivity contribution is -0.393. The number of carbonyl (C=O) groups is 1. The van der Waals surface area contributed by atoms with Gasteiger partial charge in [0.15, 0.2) is 0 Å². The monoisotopic (exact) mass is 347 g/mol. The first-order chi connectivity index (χ1) is 11.9. The second-order valence-corrected chi connectivity index (χ2v) is 4.75. The van der Waals surface area contributed by atoms with Crippen LogP contribution in [0, 0.1) is 20.2 Å². The van der Waals surface area contributed by atoms with Gasteiger partial charge in [-0.15, -0.1) is 0 Å². The van der Waals surface area contributed by atoms with Gasteiger partial charge in [0.1, 0.15) is 11.4 Å². The second-order valence-electron chi connectivity index (χ2n) is 4.75. The molecule has 0 aliphatic heterocycles. The number of hydrogen-bond acceptors (Lipinski definition) is 8. The third kappa shape index (κ3) is 3.80. The van der Waals surface area contributed by atoms with E-state index in [1.54, 1.807) is 24.3 Å². The number of non-ortho nitro benzene ring substituents is 1. The third-order valence-electron chi connectivity index (χ3n) is 3.25. The molecule has 0 saturated heterocycles. The summed E-state index contributed by atoms with van der Waals surface area (Å²) in [5.41, 5.74) is -1.37. The number of hydrogen-bond donors (Lipinski definition) is 1. The topological polar surface area (TPSA) is 134 Å². The van der Waals surface area contributed by atoms with Crippen molar-refractivity contribution in [2.75, 3.05) is 19.5 Å². The molecule has 0 fully saturated rings. The molecular weight excluding hydrogens is 334 g/mol. The summed E-state index contributed by atoms with van der Waals surface area (Å²) in [6.45, 7) is 0. The number of carbonyl (C=O) groups excluding carboxylic acids is 1. The lowest BCUT2D eigenvalue weighted by Crippen LogP contribution is -2.09. The molecule has 0 spiro atoms. The summed E-state index contributed by atoms with van der Waals surface area (Å²) < 4.78 is 9.65. The number of nitro benzene ring substituents is 2. The standard InChI is InChI=1S/C15H13N3O7/c1-24-11-5-3-4-9(6-11)16-14-12(15(19)25-2)7-10(17(20)21)8-13(14)18(22)23/h3-8,16H,1-2H3.